The first-order chi connectivity index (χ1) is 8.65. The van der Waals surface area contributed by atoms with Crippen LogP contribution in [0.1, 0.15) is 67.7 Å². The van der Waals surface area contributed by atoms with Gasteiger partial charge in [0.15, 0.2) is 0 Å². The molecule has 0 aliphatic heterocycles. The zero-order valence-corrected chi connectivity index (χ0v) is 14.5. The second-order valence-electron chi connectivity index (χ2n) is 8.06. The largest absolute Gasteiger partial charge is 0.329 e. The normalized spacial score (nSPS) is 14.7. The van der Waals surface area contributed by atoms with Gasteiger partial charge in [-0.05, 0) is 49.6 Å². The predicted molar refractivity (Wildman–Crippen MR) is 87.4 cm³/mol. The highest BCUT2D eigenvalue weighted by Gasteiger charge is 2.23. The number of hydrogen-bond donors (Lipinski definition) is 1. The van der Waals surface area contributed by atoms with Crippen molar-refractivity contribution in [1.82, 2.24) is 4.90 Å². The lowest BCUT2D eigenvalue weighted by molar-refractivity contribution is 0.139. The molecule has 2 heteroatoms. The maximum atomic E-state index is 6.05. The van der Waals surface area contributed by atoms with E-state index in [2.05, 4.69) is 53.4 Å². The minimum atomic E-state index is 0.359. The van der Waals surface area contributed by atoms with E-state index < -0.39 is 0 Å². The highest BCUT2D eigenvalue weighted by atomic mass is 15.2. The smallest absolute Gasteiger partial charge is 0.0223 e. The van der Waals surface area contributed by atoms with Crippen LogP contribution in [0.4, 0.5) is 0 Å². The molecule has 0 heterocycles. The molecular formula is C17H38N2. The molecule has 0 saturated heterocycles. The van der Waals surface area contributed by atoms with Crippen LogP contribution in [0.5, 0.6) is 0 Å². The van der Waals surface area contributed by atoms with Crippen molar-refractivity contribution in [3.05, 3.63) is 0 Å². The molecule has 1 unspecified atom stereocenters. The molecule has 0 bridgehead atoms. The van der Waals surface area contributed by atoms with Gasteiger partial charge in [-0.2, -0.15) is 0 Å². The van der Waals surface area contributed by atoms with Crippen LogP contribution < -0.4 is 5.73 Å². The standard InChI is InChI=1S/C17H38N2/c1-14(2)8-10-19(11-9-15(3)4)16(13-18)12-17(5,6)7/h14-16H,8-13,18H2,1-7H3. The first-order valence-electron chi connectivity index (χ1n) is 8.09. The molecule has 0 rings (SSSR count). The van der Waals surface area contributed by atoms with E-state index in [0.717, 1.165) is 18.4 Å². The number of nitrogens with zero attached hydrogens (tertiary/aromatic N) is 1. The summed E-state index contributed by atoms with van der Waals surface area (Å²) in [5.41, 5.74) is 6.41. The van der Waals surface area contributed by atoms with E-state index in [1.165, 1.54) is 32.4 Å². The molecule has 0 aliphatic rings. The van der Waals surface area contributed by atoms with Crippen molar-refractivity contribution in [3.8, 4) is 0 Å². The second kappa shape index (κ2) is 8.97. The van der Waals surface area contributed by atoms with Gasteiger partial charge in [0.05, 0.1) is 0 Å². The molecular weight excluding hydrogens is 232 g/mol. The summed E-state index contributed by atoms with van der Waals surface area (Å²) in [4.78, 5) is 2.64. The topological polar surface area (TPSA) is 29.3 Å². The van der Waals surface area contributed by atoms with E-state index >= 15 is 0 Å². The monoisotopic (exact) mass is 270 g/mol. The van der Waals surface area contributed by atoms with Crippen molar-refractivity contribution in [2.45, 2.75) is 73.8 Å². The lowest BCUT2D eigenvalue weighted by Gasteiger charge is -2.36. The summed E-state index contributed by atoms with van der Waals surface area (Å²) in [7, 11) is 0. The zero-order chi connectivity index (χ0) is 15.1. The fraction of sp³-hybridized carbons (Fsp3) is 1.00. The number of nitrogens with two attached hydrogens (primary N) is 1. The van der Waals surface area contributed by atoms with Crippen molar-refractivity contribution in [1.29, 1.82) is 0 Å². The average Bonchev–Trinajstić information content (AvgIpc) is 2.24. The third kappa shape index (κ3) is 10.4. The van der Waals surface area contributed by atoms with Crippen LogP contribution in [0.15, 0.2) is 0 Å². The van der Waals surface area contributed by atoms with Gasteiger partial charge in [-0.15, -0.1) is 0 Å². The summed E-state index contributed by atoms with van der Waals surface area (Å²) < 4.78 is 0. The molecule has 2 N–H and O–H groups in total. The average molecular weight is 271 g/mol. The summed E-state index contributed by atoms with van der Waals surface area (Å²) in [6, 6.07) is 0.539. The first kappa shape index (κ1) is 18.9. The molecule has 1 atom stereocenters. The van der Waals surface area contributed by atoms with E-state index in [1.807, 2.05) is 0 Å². The van der Waals surface area contributed by atoms with Gasteiger partial charge in [0.2, 0.25) is 0 Å². The van der Waals surface area contributed by atoms with Gasteiger partial charge in [0.1, 0.15) is 0 Å². The van der Waals surface area contributed by atoms with Crippen LogP contribution >= 0.6 is 0 Å². The molecule has 2 nitrogen and oxygen atoms in total. The first-order valence-corrected chi connectivity index (χ1v) is 8.09. The highest BCUT2D eigenvalue weighted by molar-refractivity contribution is 4.79. The Labute approximate surface area is 122 Å². The molecule has 19 heavy (non-hydrogen) atoms. The van der Waals surface area contributed by atoms with Gasteiger partial charge in [-0.25, -0.2) is 0 Å². The Morgan fingerprint density at radius 3 is 1.58 bits per heavy atom. The minimum Gasteiger partial charge on any atom is -0.329 e. The van der Waals surface area contributed by atoms with Crippen molar-refractivity contribution in [3.63, 3.8) is 0 Å². The van der Waals surface area contributed by atoms with Crippen LogP contribution in [-0.2, 0) is 0 Å². The Hall–Kier alpha value is -0.0800. The fourth-order valence-electron chi connectivity index (χ4n) is 2.39. The molecule has 0 spiro atoms. The zero-order valence-electron chi connectivity index (χ0n) is 14.5. The lowest BCUT2D eigenvalue weighted by Crippen LogP contribution is -2.44. The molecule has 0 amide bonds. The molecule has 0 fully saturated rings. The second-order valence-corrected chi connectivity index (χ2v) is 8.06. The van der Waals surface area contributed by atoms with Crippen molar-refractivity contribution < 1.29 is 0 Å². The van der Waals surface area contributed by atoms with Gasteiger partial charge in [0.25, 0.3) is 0 Å². The quantitative estimate of drug-likeness (QED) is 0.682. The van der Waals surface area contributed by atoms with Gasteiger partial charge < -0.3 is 5.73 Å². The Morgan fingerprint density at radius 1 is 0.895 bits per heavy atom. The van der Waals surface area contributed by atoms with Crippen LogP contribution in [0.3, 0.4) is 0 Å². The SMILES string of the molecule is CC(C)CCN(CCC(C)C)C(CN)CC(C)(C)C. The Balaban J connectivity index is 4.55. The van der Waals surface area contributed by atoms with Gasteiger partial charge in [-0.3, -0.25) is 4.90 Å². The maximum Gasteiger partial charge on any atom is 0.0223 e. The van der Waals surface area contributed by atoms with Crippen LogP contribution in [-0.4, -0.2) is 30.6 Å². The minimum absolute atomic E-state index is 0.359. The van der Waals surface area contributed by atoms with E-state index in [0.29, 0.717) is 11.5 Å². The predicted octanol–water partition coefficient (Wildman–Crippen LogP) is 4.14. The number of rotatable bonds is 9. The summed E-state index contributed by atoms with van der Waals surface area (Å²) in [6.07, 6.45) is 3.75. The van der Waals surface area contributed by atoms with Gasteiger partial charge in [0, 0.05) is 12.6 Å². The molecule has 0 saturated carbocycles. The van der Waals surface area contributed by atoms with E-state index in [4.69, 9.17) is 5.73 Å². The Bertz CT molecular complexity index is 204. The van der Waals surface area contributed by atoms with Crippen molar-refractivity contribution in [2.75, 3.05) is 19.6 Å². The molecule has 116 valence electrons. The molecule has 0 aromatic rings. The van der Waals surface area contributed by atoms with Crippen molar-refractivity contribution in [2.24, 2.45) is 23.0 Å². The highest BCUT2D eigenvalue weighted by Crippen LogP contribution is 2.24. The Kier molecular flexibility index (Phi) is 8.93. The van der Waals surface area contributed by atoms with Gasteiger partial charge >= 0.3 is 0 Å². The van der Waals surface area contributed by atoms with Crippen LogP contribution in [0.25, 0.3) is 0 Å². The Morgan fingerprint density at radius 2 is 1.32 bits per heavy atom. The van der Waals surface area contributed by atoms with Crippen LogP contribution in [0.2, 0.25) is 0 Å². The van der Waals surface area contributed by atoms with Crippen LogP contribution in [0, 0.1) is 17.3 Å². The lowest BCUT2D eigenvalue weighted by atomic mass is 9.87. The maximum absolute atomic E-state index is 6.05. The van der Waals surface area contributed by atoms with E-state index in [9.17, 15) is 0 Å². The molecule has 0 aromatic carbocycles. The van der Waals surface area contributed by atoms with E-state index in [-0.39, 0.29) is 0 Å². The molecule has 0 aromatic heterocycles. The van der Waals surface area contributed by atoms with Gasteiger partial charge in [-0.1, -0.05) is 48.5 Å². The van der Waals surface area contributed by atoms with E-state index in [1.54, 1.807) is 0 Å². The third-order valence-corrected chi connectivity index (χ3v) is 3.62. The third-order valence-electron chi connectivity index (χ3n) is 3.62. The van der Waals surface area contributed by atoms with Crippen molar-refractivity contribution >= 4 is 0 Å². The molecule has 0 aliphatic carbocycles. The fourth-order valence-corrected chi connectivity index (χ4v) is 2.39. The number of hydrogen-bond acceptors (Lipinski definition) is 2. The summed E-state index contributed by atoms with van der Waals surface area (Å²) in [6.45, 7) is 19.4. The molecule has 0 radical (unpaired) electrons. The summed E-state index contributed by atoms with van der Waals surface area (Å²) in [5, 5.41) is 0. The summed E-state index contributed by atoms with van der Waals surface area (Å²) in [5.74, 6) is 1.55. The summed E-state index contributed by atoms with van der Waals surface area (Å²) >= 11 is 0.